The maximum absolute atomic E-state index is 12.1. The van der Waals surface area contributed by atoms with Gasteiger partial charge < -0.3 is 15.4 Å². The number of thiophene rings is 1. The summed E-state index contributed by atoms with van der Waals surface area (Å²) in [5.74, 6) is 1.16. The van der Waals surface area contributed by atoms with Crippen molar-refractivity contribution in [3.05, 3.63) is 45.3 Å². The van der Waals surface area contributed by atoms with Gasteiger partial charge in [0.25, 0.3) is 0 Å². The normalized spacial score (nSPS) is 15.1. The number of nitrogens with zero attached hydrogens (tertiary/aromatic N) is 1. The summed E-state index contributed by atoms with van der Waals surface area (Å²) in [5, 5.41) is 16.9. The van der Waals surface area contributed by atoms with Crippen LogP contribution in [-0.4, -0.2) is 17.6 Å². The zero-order valence-electron chi connectivity index (χ0n) is 16.1. The Labute approximate surface area is 185 Å². The van der Waals surface area contributed by atoms with E-state index in [1.54, 1.807) is 35.6 Å². The maximum Gasteiger partial charge on any atom is 0.226 e. The predicted molar refractivity (Wildman–Crippen MR) is 121 cm³/mol. The summed E-state index contributed by atoms with van der Waals surface area (Å²) >= 11 is 12.7. The Morgan fingerprint density at radius 3 is 2.90 bits per heavy atom. The molecule has 2 N–H and O–H groups in total. The molecule has 0 bridgehead atoms. The average molecular weight is 448 g/mol. The van der Waals surface area contributed by atoms with E-state index < -0.39 is 0 Å². The molecule has 1 aliphatic carbocycles. The third-order valence-electron chi connectivity index (χ3n) is 4.73. The Kier molecular flexibility index (Phi) is 7.48. The van der Waals surface area contributed by atoms with Crippen LogP contribution in [0.1, 0.15) is 42.2 Å². The van der Waals surface area contributed by atoms with Crippen LogP contribution < -0.4 is 15.4 Å². The second-order valence-electron chi connectivity index (χ2n) is 7.08. The lowest BCUT2D eigenvalue weighted by atomic mass is 9.89. The molecular weight excluding hydrogens is 426 g/mol. The van der Waals surface area contributed by atoms with Gasteiger partial charge in [0.2, 0.25) is 5.91 Å². The van der Waals surface area contributed by atoms with Crippen molar-refractivity contribution in [3.63, 3.8) is 0 Å². The van der Waals surface area contributed by atoms with Crippen molar-refractivity contribution in [2.45, 2.75) is 39.0 Å². The van der Waals surface area contributed by atoms with Gasteiger partial charge in [-0.25, -0.2) is 0 Å². The summed E-state index contributed by atoms with van der Waals surface area (Å²) < 4.78 is 5.58. The Hall–Kier alpha value is -2.14. The van der Waals surface area contributed by atoms with Crippen LogP contribution >= 0.6 is 35.2 Å². The van der Waals surface area contributed by atoms with Crippen LogP contribution in [0.25, 0.3) is 0 Å². The quantitative estimate of drug-likeness (QED) is 0.477. The van der Waals surface area contributed by atoms with Crippen LogP contribution in [0.4, 0.5) is 5.00 Å². The van der Waals surface area contributed by atoms with Gasteiger partial charge >= 0.3 is 0 Å². The van der Waals surface area contributed by atoms with Gasteiger partial charge in [0.1, 0.15) is 16.8 Å². The second kappa shape index (κ2) is 10.1. The highest BCUT2D eigenvalue weighted by Crippen LogP contribution is 2.39. The lowest BCUT2D eigenvalue weighted by Gasteiger charge is -2.17. The van der Waals surface area contributed by atoms with Crippen LogP contribution in [-0.2, 0) is 17.6 Å². The molecule has 0 fully saturated rings. The number of nitriles is 1. The van der Waals surface area contributed by atoms with Gasteiger partial charge in [-0.1, -0.05) is 18.5 Å². The van der Waals surface area contributed by atoms with Crippen LogP contribution in [0.5, 0.6) is 5.75 Å². The van der Waals surface area contributed by atoms with Gasteiger partial charge in [-0.05, 0) is 73.6 Å². The first kappa shape index (κ1) is 21.6. The molecule has 1 aromatic heterocycles. The SMILES string of the molecule is CC1CCc2c(sc(NC(=S)NC(=O)CCCOc3ccc(Cl)cc3)c2C#N)C1. The number of nitrogens with one attached hydrogen (secondary N) is 2. The monoisotopic (exact) mass is 447 g/mol. The minimum atomic E-state index is -0.185. The van der Waals surface area contributed by atoms with E-state index in [4.69, 9.17) is 28.6 Å². The number of halogens is 1. The van der Waals surface area contributed by atoms with Gasteiger partial charge in [-0.2, -0.15) is 5.26 Å². The fourth-order valence-corrected chi connectivity index (χ4v) is 5.01. The number of carbonyl (C=O) groups is 1. The first-order chi connectivity index (χ1) is 14.0. The zero-order valence-corrected chi connectivity index (χ0v) is 18.5. The predicted octanol–water partition coefficient (Wildman–Crippen LogP) is 5.07. The number of anilines is 1. The van der Waals surface area contributed by atoms with Crippen molar-refractivity contribution in [2.75, 3.05) is 11.9 Å². The number of benzene rings is 1. The number of rotatable bonds is 6. The molecule has 3 rings (SSSR count). The van der Waals surface area contributed by atoms with Crippen LogP contribution in [0, 0.1) is 17.2 Å². The van der Waals surface area contributed by atoms with Gasteiger partial charge in [0, 0.05) is 16.3 Å². The molecule has 1 atom stereocenters. The molecule has 1 aliphatic rings. The molecule has 5 nitrogen and oxygen atoms in total. The molecule has 0 radical (unpaired) electrons. The van der Waals surface area contributed by atoms with Crippen molar-refractivity contribution in [1.82, 2.24) is 5.32 Å². The fraction of sp³-hybridized carbons (Fsp3) is 0.381. The van der Waals surface area contributed by atoms with E-state index in [2.05, 4.69) is 23.6 Å². The lowest BCUT2D eigenvalue weighted by Crippen LogP contribution is -2.34. The molecule has 1 unspecified atom stereocenters. The molecule has 0 saturated carbocycles. The zero-order chi connectivity index (χ0) is 20.8. The minimum Gasteiger partial charge on any atom is -0.494 e. The average Bonchev–Trinajstić information content (AvgIpc) is 3.02. The van der Waals surface area contributed by atoms with E-state index in [0.29, 0.717) is 41.7 Å². The number of amides is 1. The van der Waals surface area contributed by atoms with E-state index >= 15 is 0 Å². The van der Waals surface area contributed by atoms with E-state index in [0.717, 1.165) is 29.8 Å². The summed E-state index contributed by atoms with van der Waals surface area (Å²) in [5.41, 5.74) is 1.79. The maximum atomic E-state index is 12.1. The molecular formula is C21H22ClN3O2S2. The van der Waals surface area contributed by atoms with E-state index in [9.17, 15) is 10.1 Å². The smallest absolute Gasteiger partial charge is 0.226 e. The summed E-state index contributed by atoms with van der Waals surface area (Å²) in [7, 11) is 0. The highest BCUT2D eigenvalue weighted by molar-refractivity contribution is 7.80. The number of carbonyl (C=O) groups excluding carboxylic acids is 1. The number of hydrogen-bond acceptors (Lipinski definition) is 5. The second-order valence-corrected chi connectivity index (χ2v) is 9.03. The minimum absolute atomic E-state index is 0.185. The standard InChI is InChI=1S/C21H22ClN3O2S2/c1-13-4-9-16-17(12-23)20(29-18(16)11-13)25-21(28)24-19(26)3-2-10-27-15-7-5-14(22)6-8-15/h5-8,13H,2-4,9-11H2,1H3,(H2,24,25,26,28). The van der Waals surface area contributed by atoms with Gasteiger partial charge in [0.15, 0.2) is 5.11 Å². The largest absolute Gasteiger partial charge is 0.494 e. The molecule has 1 aromatic carbocycles. The van der Waals surface area contributed by atoms with Crippen molar-refractivity contribution >= 4 is 51.2 Å². The summed E-state index contributed by atoms with van der Waals surface area (Å²) in [4.78, 5) is 13.4. The van der Waals surface area contributed by atoms with Crippen LogP contribution in [0.15, 0.2) is 24.3 Å². The van der Waals surface area contributed by atoms with E-state index in [1.807, 2.05) is 0 Å². The molecule has 1 amide bonds. The molecule has 152 valence electrons. The molecule has 1 heterocycles. The van der Waals surface area contributed by atoms with Crippen molar-refractivity contribution < 1.29 is 9.53 Å². The third kappa shape index (κ3) is 5.92. The number of fused-ring (bicyclic) bond motifs is 1. The van der Waals surface area contributed by atoms with Crippen molar-refractivity contribution in [1.29, 1.82) is 5.26 Å². The van der Waals surface area contributed by atoms with Gasteiger partial charge in [-0.3, -0.25) is 4.79 Å². The number of thiocarbonyl (C=S) groups is 1. The van der Waals surface area contributed by atoms with Crippen molar-refractivity contribution in [2.24, 2.45) is 5.92 Å². The Balaban J connectivity index is 1.45. The Morgan fingerprint density at radius 1 is 1.41 bits per heavy atom. The molecule has 0 spiro atoms. The van der Waals surface area contributed by atoms with Crippen molar-refractivity contribution in [3.8, 4) is 11.8 Å². The lowest BCUT2D eigenvalue weighted by molar-refractivity contribution is -0.119. The first-order valence-electron chi connectivity index (χ1n) is 9.50. The molecule has 2 aromatic rings. The number of hydrogen-bond donors (Lipinski definition) is 2. The Bertz CT molecular complexity index is 935. The highest BCUT2D eigenvalue weighted by atomic mass is 35.5. The topological polar surface area (TPSA) is 74.2 Å². The highest BCUT2D eigenvalue weighted by Gasteiger charge is 2.24. The Morgan fingerprint density at radius 2 is 2.17 bits per heavy atom. The molecule has 8 heteroatoms. The van der Waals surface area contributed by atoms with E-state index in [1.165, 1.54) is 4.88 Å². The summed E-state index contributed by atoms with van der Waals surface area (Å²) in [6, 6.07) is 9.38. The summed E-state index contributed by atoms with van der Waals surface area (Å²) in [6.45, 7) is 2.65. The third-order valence-corrected chi connectivity index (χ3v) is 6.36. The summed E-state index contributed by atoms with van der Waals surface area (Å²) in [6.07, 6.45) is 3.86. The molecule has 29 heavy (non-hydrogen) atoms. The number of ether oxygens (including phenoxy) is 1. The van der Waals surface area contributed by atoms with Gasteiger partial charge in [0.05, 0.1) is 12.2 Å². The van der Waals surface area contributed by atoms with E-state index in [-0.39, 0.29) is 11.0 Å². The first-order valence-corrected chi connectivity index (χ1v) is 11.1. The molecule has 0 saturated heterocycles. The molecule has 0 aliphatic heterocycles. The fourth-order valence-electron chi connectivity index (χ4n) is 3.23. The van der Waals surface area contributed by atoms with Crippen LogP contribution in [0.3, 0.4) is 0 Å². The van der Waals surface area contributed by atoms with Gasteiger partial charge in [-0.15, -0.1) is 11.3 Å². The van der Waals surface area contributed by atoms with Crippen LogP contribution in [0.2, 0.25) is 5.02 Å².